The molecule has 0 N–H and O–H groups in total. The molecule has 6 radical (unpaired) electrons. The molecular formula is C28H40O6Si2. The minimum atomic E-state index is -1.19. The molecule has 2 rings (SSSR count). The molecule has 0 aliphatic carbocycles. The van der Waals surface area contributed by atoms with Crippen LogP contribution in [-0.4, -0.2) is 71.6 Å². The Bertz CT molecular complexity index is 824. The predicted octanol–water partition coefficient (Wildman–Crippen LogP) is 4.87. The molecule has 6 nitrogen and oxygen atoms in total. The highest BCUT2D eigenvalue weighted by atomic mass is 28.1. The maximum absolute atomic E-state index is 6.35. The molecule has 2 aromatic rings. The molecule has 0 aliphatic heterocycles. The lowest BCUT2D eigenvalue weighted by molar-refractivity contribution is -0.280. The van der Waals surface area contributed by atoms with Crippen LogP contribution in [0, 0.1) is 0 Å². The smallest absolute Gasteiger partial charge is 0.218 e. The van der Waals surface area contributed by atoms with Gasteiger partial charge in [-0.3, -0.25) is 0 Å². The van der Waals surface area contributed by atoms with Gasteiger partial charge >= 0.3 is 0 Å². The Morgan fingerprint density at radius 3 is 1.11 bits per heavy atom. The molecule has 0 saturated heterocycles. The SMILES string of the molecule is CCOC([Si])C(OCC)(OCC)c1ccccc1-c1ccccc1C(OCC)(OCC)C([Si])OCC. The number of ether oxygens (including phenoxy) is 6. The second kappa shape index (κ2) is 15.1. The third kappa shape index (κ3) is 6.55. The summed E-state index contributed by atoms with van der Waals surface area (Å²) in [5.74, 6) is -2.37. The van der Waals surface area contributed by atoms with Gasteiger partial charge in [-0.2, -0.15) is 0 Å². The lowest BCUT2D eigenvalue weighted by Gasteiger charge is -2.41. The van der Waals surface area contributed by atoms with Gasteiger partial charge in [-0.1, -0.05) is 48.5 Å². The van der Waals surface area contributed by atoms with E-state index in [0.29, 0.717) is 39.6 Å². The molecule has 36 heavy (non-hydrogen) atoms. The second-order valence-corrected chi connectivity index (χ2v) is 8.88. The van der Waals surface area contributed by atoms with Crippen LogP contribution in [0.4, 0.5) is 0 Å². The van der Waals surface area contributed by atoms with Crippen LogP contribution in [0.5, 0.6) is 0 Å². The predicted molar refractivity (Wildman–Crippen MR) is 144 cm³/mol. The third-order valence-electron chi connectivity index (χ3n) is 5.69. The van der Waals surface area contributed by atoms with E-state index in [4.69, 9.17) is 28.4 Å². The van der Waals surface area contributed by atoms with Crippen molar-refractivity contribution in [3.63, 3.8) is 0 Å². The van der Waals surface area contributed by atoms with Crippen molar-refractivity contribution in [3.05, 3.63) is 59.7 Å². The second-order valence-electron chi connectivity index (χ2n) is 7.83. The average molecular weight is 529 g/mol. The topological polar surface area (TPSA) is 55.4 Å². The van der Waals surface area contributed by atoms with Gasteiger partial charge < -0.3 is 28.4 Å². The molecule has 0 aromatic heterocycles. The van der Waals surface area contributed by atoms with Gasteiger partial charge in [0.25, 0.3) is 0 Å². The fourth-order valence-electron chi connectivity index (χ4n) is 4.43. The van der Waals surface area contributed by atoms with Crippen LogP contribution in [0.2, 0.25) is 0 Å². The van der Waals surface area contributed by atoms with Gasteiger partial charge in [0.05, 0.1) is 31.9 Å². The fourth-order valence-corrected chi connectivity index (χ4v) is 5.41. The summed E-state index contributed by atoms with van der Waals surface area (Å²) in [5.41, 5.74) is 2.39. The van der Waals surface area contributed by atoms with Crippen molar-refractivity contribution in [2.75, 3.05) is 39.6 Å². The largest absolute Gasteiger partial charge is 0.377 e. The van der Waals surface area contributed by atoms with Gasteiger partial charge in [0.15, 0.2) is 0 Å². The van der Waals surface area contributed by atoms with Crippen LogP contribution in [0.3, 0.4) is 0 Å². The lowest BCUT2D eigenvalue weighted by Crippen LogP contribution is -2.48. The first-order chi connectivity index (χ1) is 17.4. The van der Waals surface area contributed by atoms with Crippen LogP contribution in [0.25, 0.3) is 11.1 Å². The molecule has 2 atom stereocenters. The van der Waals surface area contributed by atoms with E-state index in [1.165, 1.54) is 0 Å². The van der Waals surface area contributed by atoms with Gasteiger partial charge in [-0.15, -0.1) is 0 Å². The summed E-state index contributed by atoms with van der Waals surface area (Å²) in [4.78, 5) is 0. The first-order valence-corrected chi connectivity index (χ1v) is 14.0. The molecule has 2 aromatic carbocycles. The number of benzene rings is 2. The Balaban J connectivity index is 2.88. The standard InChI is InChI=1S/C28H40O6Si2/c1-7-29-25(35)27(31-9-3,32-10-4)23-19-15-13-17-21(23)22-18-14-16-20-24(22)28(33-11-5,34-12-6)26(36)30-8-2/h13-20,25-26H,7-12H2,1-6H3. The first-order valence-electron chi connectivity index (χ1n) is 12.8. The molecular weight excluding hydrogens is 488 g/mol. The quantitative estimate of drug-likeness (QED) is 0.216. The van der Waals surface area contributed by atoms with Crippen molar-refractivity contribution in [2.45, 2.75) is 64.6 Å². The van der Waals surface area contributed by atoms with Crippen molar-refractivity contribution in [1.82, 2.24) is 0 Å². The van der Waals surface area contributed by atoms with E-state index in [2.05, 4.69) is 32.6 Å². The molecule has 0 amide bonds. The first kappa shape index (κ1) is 30.9. The minimum absolute atomic E-state index is 0.430. The van der Waals surface area contributed by atoms with E-state index >= 15 is 0 Å². The normalized spacial score (nSPS) is 14.1. The number of rotatable bonds is 17. The monoisotopic (exact) mass is 528 g/mol. The number of hydrogen-bond acceptors (Lipinski definition) is 6. The molecule has 2 unspecified atom stereocenters. The maximum atomic E-state index is 6.35. The zero-order chi connectivity index (χ0) is 26.6. The van der Waals surface area contributed by atoms with E-state index in [9.17, 15) is 0 Å². The van der Waals surface area contributed by atoms with Crippen molar-refractivity contribution in [3.8, 4) is 11.1 Å². The summed E-state index contributed by atoms with van der Waals surface area (Å²) in [6, 6.07) is 16.1. The zero-order valence-electron chi connectivity index (χ0n) is 22.5. The van der Waals surface area contributed by atoms with E-state index < -0.39 is 23.0 Å². The summed E-state index contributed by atoms with van der Waals surface area (Å²) in [6.07, 6.45) is 0. The van der Waals surface area contributed by atoms with Crippen molar-refractivity contribution in [2.24, 2.45) is 0 Å². The highest BCUT2D eigenvalue weighted by Gasteiger charge is 2.46. The van der Waals surface area contributed by atoms with Crippen LogP contribution in [0.1, 0.15) is 52.7 Å². The van der Waals surface area contributed by atoms with E-state index in [1.54, 1.807) is 0 Å². The Kier molecular flexibility index (Phi) is 13.0. The maximum Gasteiger partial charge on any atom is 0.218 e. The summed E-state index contributed by atoms with van der Waals surface area (Å²) in [7, 11) is 7.55. The van der Waals surface area contributed by atoms with Gasteiger partial charge in [0, 0.05) is 50.8 Å². The average Bonchev–Trinajstić information content (AvgIpc) is 2.88. The lowest BCUT2D eigenvalue weighted by atomic mass is 9.88. The van der Waals surface area contributed by atoms with Crippen LogP contribution >= 0.6 is 0 Å². The summed E-state index contributed by atoms with van der Waals surface area (Å²) in [5, 5.41) is 0. The third-order valence-corrected chi connectivity index (χ3v) is 6.78. The Morgan fingerprint density at radius 1 is 0.528 bits per heavy atom. The fraction of sp³-hybridized carbons (Fsp3) is 0.571. The molecule has 0 fully saturated rings. The molecule has 0 heterocycles. The highest BCUT2D eigenvalue weighted by molar-refractivity contribution is 6.12. The van der Waals surface area contributed by atoms with Crippen molar-refractivity contribution >= 4 is 20.5 Å². The van der Waals surface area contributed by atoms with Crippen LogP contribution in [-0.2, 0) is 40.0 Å². The minimum Gasteiger partial charge on any atom is -0.377 e. The van der Waals surface area contributed by atoms with Crippen molar-refractivity contribution < 1.29 is 28.4 Å². The van der Waals surface area contributed by atoms with Gasteiger partial charge in [0.1, 0.15) is 0 Å². The van der Waals surface area contributed by atoms with E-state index in [1.807, 2.05) is 77.9 Å². The van der Waals surface area contributed by atoms with E-state index in [-0.39, 0.29) is 0 Å². The zero-order valence-corrected chi connectivity index (χ0v) is 24.5. The van der Waals surface area contributed by atoms with Crippen molar-refractivity contribution in [1.29, 1.82) is 0 Å². The summed E-state index contributed by atoms with van der Waals surface area (Å²) in [6.45, 7) is 14.4. The van der Waals surface area contributed by atoms with Gasteiger partial charge in [-0.25, -0.2) is 0 Å². The summed E-state index contributed by atoms with van der Waals surface area (Å²) >= 11 is 0. The van der Waals surface area contributed by atoms with E-state index in [0.717, 1.165) is 22.3 Å². The Morgan fingerprint density at radius 2 is 0.833 bits per heavy atom. The summed E-state index contributed by atoms with van der Waals surface area (Å²) < 4.78 is 37.4. The van der Waals surface area contributed by atoms with Gasteiger partial charge in [0.2, 0.25) is 11.6 Å². The van der Waals surface area contributed by atoms with Crippen LogP contribution in [0.15, 0.2) is 48.5 Å². The molecule has 0 spiro atoms. The molecule has 0 saturated carbocycles. The highest BCUT2D eigenvalue weighted by Crippen LogP contribution is 2.43. The molecule has 8 heteroatoms. The molecule has 196 valence electrons. The molecule has 0 bridgehead atoms. The Labute approximate surface area is 223 Å². The van der Waals surface area contributed by atoms with Crippen LogP contribution < -0.4 is 0 Å². The van der Waals surface area contributed by atoms with Gasteiger partial charge in [-0.05, 0) is 52.7 Å². The number of hydrogen-bond donors (Lipinski definition) is 0. The Hall–Kier alpha value is -1.37. The molecule has 0 aliphatic rings.